The van der Waals surface area contributed by atoms with Gasteiger partial charge in [-0.2, -0.15) is 0 Å². The first-order valence-corrected chi connectivity index (χ1v) is 6.61. The number of aliphatic hydroxyl groups excluding tert-OH is 1. The molecular weight excluding hydrogens is 231 g/mol. The molecule has 0 saturated carbocycles. The maximum absolute atomic E-state index is 11.5. The van der Waals surface area contributed by atoms with E-state index >= 15 is 0 Å². The van der Waals surface area contributed by atoms with Crippen molar-refractivity contribution in [2.45, 2.75) is 33.3 Å². The Balaban J connectivity index is 4.03. The SMILES string of the molecule is CCOP(CC(=O)CC(O)C(C)=O)OCC. The largest absolute Gasteiger partial charge is 0.385 e. The molecule has 6 heteroatoms. The zero-order valence-corrected chi connectivity index (χ0v) is 10.8. The highest BCUT2D eigenvalue weighted by Crippen LogP contribution is 2.37. The van der Waals surface area contributed by atoms with Gasteiger partial charge in [0, 0.05) is 6.42 Å². The van der Waals surface area contributed by atoms with Gasteiger partial charge < -0.3 is 14.2 Å². The minimum absolute atomic E-state index is 0.126. The Bertz CT molecular complexity index is 225. The third-order valence-electron chi connectivity index (χ3n) is 1.74. The van der Waals surface area contributed by atoms with Gasteiger partial charge in [0.2, 0.25) is 0 Å². The monoisotopic (exact) mass is 250 g/mol. The van der Waals surface area contributed by atoms with Crippen molar-refractivity contribution in [3.63, 3.8) is 0 Å². The Kier molecular flexibility index (Phi) is 8.57. The molecule has 0 spiro atoms. The quantitative estimate of drug-likeness (QED) is 0.624. The maximum atomic E-state index is 11.5. The molecular formula is C10H19O5P. The van der Waals surface area contributed by atoms with E-state index in [-0.39, 0.29) is 18.4 Å². The molecule has 0 saturated heterocycles. The smallest absolute Gasteiger partial charge is 0.178 e. The van der Waals surface area contributed by atoms with Crippen molar-refractivity contribution in [1.29, 1.82) is 0 Å². The van der Waals surface area contributed by atoms with Gasteiger partial charge in [0.15, 0.2) is 14.2 Å². The number of hydrogen-bond donors (Lipinski definition) is 1. The van der Waals surface area contributed by atoms with Crippen molar-refractivity contribution in [2.75, 3.05) is 19.4 Å². The molecule has 16 heavy (non-hydrogen) atoms. The summed E-state index contributed by atoms with van der Waals surface area (Å²) in [4.78, 5) is 22.2. The van der Waals surface area contributed by atoms with Crippen LogP contribution in [0.15, 0.2) is 0 Å². The molecule has 0 amide bonds. The van der Waals surface area contributed by atoms with E-state index in [2.05, 4.69) is 0 Å². The second-order valence-corrected chi connectivity index (χ2v) is 4.69. The first kappa shape index (κ1) is 15.7. The van der Waals surface area contributed by atoms with Crippen molar-refractivity contribution in [1.82, 2.24) is 0 Å². The average molecular weight is 250 g/mol. The highest BCUT2D eigenvalue weighted by Gasteiger charge is 2.20. The molecule has 94 valence electrons. The Morgan fingerprint density at radius 3 is 2.12 bits per heavy atom. The molecule has 0 bridgehead atoms. The molecule has 1 N–H and O–H groups in total. The van der Waals surface area contributed by atoms with Gasteiger partial charge in [-0.3, -0.25) is 9.59 Å². The number of rotatable bonds is 9. The fourth-order valence-corrected chi connectivity index (χ4v) is 2.23. The summed E-state index contributed by atoms with van der Waals surface area (Å²) in [6.45, 7) is 5.86. The molecule has 0 fully saturated rings. The molecule has 0 aliphatic carbocycles. The Morgan fingerprint density at radius 1 is 1.25 bits per heavy atom. The molecule has 1 unspecified atom stereocenters. The molecule has 0 aliphatic heterocycles. The van der Waals surface area contributed by atoms with Gasteiger partial charge in [0.25, 0.3) is 0 Å². The lowest BCUT2D eigenvalue weighted by molar-refractivity contribution is -0.129. The highest BCUT2D eigenvalue weighted by atomic mass is 31.2. The van der Waals surface area contributed by atoms with Crippen molar-refractivity contribution in [3.8, 4) is 0 Å². The fraction of sp³-hybridized carbons (Fsp3) is 0.800. The summed E-state index contributed by atoms with van der Waals surface area (Å²) in [5, 5.41) is 9.22. The molecule has 0 aromatic rings. The molecule has 0 aromatic heterocycles. The topological polar surface area (TPSA) is 72.8 Å². The van der Waals surface area contributed by atoms with Crippen LogP contribution in [0.5, 0.6) is 0 Å². The number of hydrogen-bond acceptors (Lipinski definition) is 5. The first-order valence-electron chi connectivity index (χ1n) is 5.24. The summed E-state index contributed by atoms with van der Waals surface area (Å²) in [5.41, 5.74) is 0. The van der Waals surface area contributed by atoms with Crippen LogP contribution < -0.4 is 0 Å². The van der Waals surface area contributed by atoms with E-state index < -0.39 is 20.3 Å². The Morgan fingerprint density at radius 2 is 1.75 bits per heavy atom. The molecule has 1 atom stereocenters. The van der Waals surface area contributed by atoms with Crippen LogP contribution in [0, 0.1) is 0 Å². The van der Waals surface area contributed by atoms with Crippen LogP contribution in [-0.4, -0.2) is 42.2 Å². The summed E-state index contributed by atoms with van der Waals surface area (Å²) in [6, 6.07) is 0. The number of ketones is 2. The minimum Gasteiger partial charge on any atom is -0.385 e. The lowest BCUT2D eigenvalue weighted by atomic mass is 10.1. The zero-order valence-electron chi connectivity index (χ0n) is 9.93. The summed E-state index contributed by atoms with van der Waals surface area (Å²) in [6.07, 6.45) is -1.23. The number of carbonyl (C=O) groups is 2. The van der Waals surface area contributed by atoms with E-state index in [4.69, 9.17) is 9.05 Å². The van der Waals surface area contributed by atoms with E-state index in [1.807, 2.05) is 13.8 Å². The van der Waals surface area contributed by atoms with E-state index in [0.29, 0.717) is 13.2 Å². The summed E-state index contributed by atoms with van der Waals surface area (Å²) >= 11 is 0. The van der Waals surface area contributed by atoms with Crippen molar-refractivity contribution >= 4 is 19.9 Å². The summed E-state index contributed by atoms with van der Waals surface area (Å²) in [7, 11) is -1.22. The number of Topliss-reactive ketones (excluding diaryl/α,β-unsaturated/α-hetero) is 2. The third kappa shape index (κ3) is 7.01. The first-order chi connectivity index (χ1) is 7.51. The predicted octanol–water partition coefficient (Wildman–Crippen LogP) is 1.28. The summed E-state index contributed by atoms with van der Waals surface area (Å²) in [5.74, 6) is -0.610. The van der Waals surface area contributed by atoms with Crippen LogP contribution in [-0.2, 0) is 18.6 Å². The standard InChI is InChI=1S/C10H19O5P/c1-4-14-16(15-5-2)7-9(12)6-10(13)8(3)11/h10,13H,4-7H2,1-3H3. The second kappa shape index (κ2) is 8.76. The maximum Gasteiger partial charge on any atom is 0.178 e. The summed E-state index contributed by atoms with van der Waals surface area (Å²) < 4.78 is 10.5. The Labute approximate surface area is 97.0 Å². The fourth-order valence-electron chi connectivity index (χ4n) is 0.984. The predicted molar refractivity (Wildman–Crippen MR) is 61.4 cm³/mol. The highest BCUT2D eigenvalue weighted by molar-refractivity contribution is 7.48. The molecule has 0 heterocycles. The van der Waals surface area contributed by atoms with E-state index in [1.165, 1.54) is 6.92 Å². The molecule has 0 radical (unpaired) electrons. The van der Waals surface area contributed by atoms with Gasteiger partial charge in [-0.05, 0) is 20.8 Å². The average Bonchev–Trinajstić information content (AvgIpc) is 2.17. The lowest BCUT2D eigenvalue weighted by Crippen LogP contribution is -2.22. The van der Waals surface area contributed by atoms with E-state index in [0.717, 1.165) is 0 Å². The lowest BCUT2D eigenvalue weighted by Gasteiger charge is -2.15. The van der Waals surface area contributed by atoms with Crippen LogP contribution in [0.1, 0.15) is 27.2 Å². The van der Waals surface area contributed by atoms with Gasteiger partial charge in [-0.1, -0.05) is 0 Å². The van der Waals surface area contributed by atoms with E-state index in [9.17, 15) is 14.7 Å². The van der Waals surface area contributed by atoms with Crippen LogP contribution in [0.25, 0.3) is 0 Å². The van der Waals surface area contributed by atoms with Crippen molar-refractivity contribution in [2.24, 2.45) is 0 Å². The van der Waals surface area contributed by atoms with Gasteiger partial charge in [-0.15, -0.1) is 0 Å². The molecule has 5 nitrogen and oxygen atoms in total. The van der Waals surface area contributed by atoms with Crippen LogP contribution in [0.4, 0.5) is 0 Å². The van der Waals surface area contributed by atoms with Crippen LogP contribution in [0.2, 0.25) is 0 Å². The van der Waals surface area contributed by atoms with Crippen molar-refractivity contribution in [3.05, 3.63) is 0 Å². The van der Waals surface area contributed by atoms with Crippen LogP contribution in [0.3, 0.4) is 0 Å². The van der Waals surface area contributed by atoms with Crippen LogP contribution >= 0.6 is 8.38 Å². The van der Waals surface area contributed by atoms with Gasteiger partial charge in [-0.25, -0.2) is 0 Å². The minimum atomic E-state index is -1.22. The van der Waals surface area contributed by atoms with E-state index in [1.54, 1.807) is 0 Å². The Hall–Kier alpha value is -0.350. The normalized spacial score (nSPS) is 12.8. The second-order valence-electron chi connectivity index (χ2n) is 3.20. The molecule has 0 aromatic carbocycles. The molecule has 0 aliphatic rings. The van der Waals surface area contributed by atoms with Gasteiger partial charge in [0.05, 0.1) is 19.4 Å². The van der Waals surface area contributed by atoms with Gasteiger partial charge >= 0.3 is 0 Å². The number of aliphatic hydroxyl groups is 1. The number of carbonyl (C=O) groups excluding carboxylic acids is 2. The zero-order chi connectivity index (χ0) is 12.6. The van der Waals surface area contributed by atoms with Crippen molar-refractivity contribution < 1.29 is 23.7 Å². The van der Waals surface area contributed by atoms with Gasteiger partial charge in [0.1, 0.15) is 11.9 Å². The third-order valence-corrected chi connectivity index (χ3v) is 3.45. The molecule has 0 rings (SSSR count).